The van der Waals surface area contributed by atoms with Crippen molar-refractivity contribution in [3.8, 4) is 0 Å². The van der Waals surface area contributed by atoms with Crippen LogP contribution in [0.3, 0.4) is 0 Å². The fourth-order valence-corrected chi connectivity index (χ4v) is 2.95. The number of hydrogen-bond acceptors (Lipinski definition) is 3. The van der Waals surface area contributed by atoms with Crippen molar-refractivity contribution in [1.29, 1.82) is 0 Å². The van der Waals surface area contributed by atoms with E-state index in [4.69, 9.17) is 5.73 Å². The lowest BCUT2D eigenvalue weighted by Gasteiger charge is -2.35. The summed E-state index contributed by atoms with van der Waals surface area (Å²) in [5.74, 6) is 0. The molecule has 2 N–H and O–H groups in total. The Labute approximate surface area is 106 Å². The standard InChI is InChI=1S/C14H29N3/c1-4-16(11-14(2,3)10-15)13-7-8-17(9-13)12-5-6-12/h12-13H,4-11,15H2,1-3H3. The van der Waals surface area contributed by atoms with E-state index in [0.717, 1.165) is 31.7 Å². The van der Waals surface area contributed by atoms with Crippen LogP contribution in [0.25, 0.3) is 0 Å². The summed E-state index contributed by atoms with van der Waals surface area (Å²) in [5.41, 5.74) is 6.11. The van der Waals surface area contributed by atoms with Gasteiger partial charge < -0.3 is 5.73 Å². The highest BCUT2D eigenvalue weighted by atomic mass is 15.3. The SMILES string of the molecule is CCN(CC(C)(C)CN)C1CCN(C2CC2)C1. The summed E-state index contributed by atoms with van der Waals surface area (Å²) in [7, 11) is 0. The summed E-state index contributed by atoms with van der Waals surface area (Å²) >= 11 is 0. The molecule has 0 radical (unpaired) electrons. The number of hydrogen-bond donors (Lipinski definition) is 1. The van der Waals surface area contributed by atoms with Gasteiger partial charge in [0.15, 0.2) is 0 Å². The van der Waals surface area contributed by atoms with Gasteiger partial charge in [0.05, 0.1) is 0 Å². The molecule has 1 aliphatic carbocycles. The van der Waals surface area contributed by atoms with Gasteiger partial charge in [-0.15, -0.1) is 0 Å². The lowest BCUT2D eigenvalue weighted by atomic mass is 9.92. The molecule has 3 heteroatoms. The van der Waals surface area contributed by atoms with Gasteiger partial charge in [-0.25, -0.2) is 0 Å². The Morgan fingerprint density at radius 1 is 1.29 bits per heavy atom. The van der Waals surface area contributed by atoms with E-state index < -0.39 is 0 Å². The minimum atomic E-state index is 0.253. The van der Waals surface area contributed by atoms with E-state index in [1.165, 1.54) is 32.4 Å². The van der Waals surface area contributed by atoms with Crippen molar-refractivity contribution in [2.45, 2.75) is 52.1 Å². The first-order valence-corrected chi connectivity index (χ1v) is 7.24. The van der Waals surface area contributed by atoms with Gasteiger partial charge in [0.25, 0.3) is 0 Å². The van der Waals surface area contributed by atoms with Gasteiger partial charge in [-0.3, -0.25) is 9.80 Å². The summed E-state index contributed by atoms with van der Waals surface area (Å²) in [4.78, 5) is 5.35. The van der Waals surface area contributed by atoms with Crippen LogP contribution in [0.1, 0.15) is 40.0 Å². The highest BCUT2D eigenvalue weighted by Crippen LogP contribution is 2.31. The first-order chi connectivity index (χ1) is 8.05. The molecule has 0 amide bonds. The topological polar surface area (TPSA) is 32.5 Å². The normalized spacial score (nSPS) is 27.0. The molecule has 0 spiro atoms. The molecule has 0 aromatic carbocycles. The minimum Gasteiger partial charge on any atom is -0.330 e. The number of nitrogens with zero attached hydrogens (tertiary/aromatic N) is 2. The van der Waals surface area contributed by atoms with E-state index in [1.54, 1.807) is 0 Å². The quantitative estimate of drug-likeness (QED) is 0.763. The van der Waals surface area contributed by atoms with Crippen molar-refractivity contribution in [2.24, 2.45) is 11.1 Å². The van der Waals surface area contributed by atoms with Crippen molar-refractivity contribution in [3.63, 3.8) is 0 Å². The van der Waals surface area contributed by atoms with Crippen LogP contribution in [0, 0.1) is 5.41 Å². The minimum absolute atomic E-state index is 0.253. The number of likely N-dealkylation sites (N-methyl/N-ethyl adjacent to an activating group) is 1. The van der Waals surface area contributed by atoms with E-state index in [9.17, 15) is 0 Å². The van der Waals surface area contributed by atoms with E-state index in [2.05, 4.69) is 30.6 Å². The van der Waals surface area contributed by atoms with Crippen LogP contribution in [0.2, 0.25) is 0 Å². The van der Waals surface area contributed by atoms with Gasteiger partial charge in [0.2, 0.25) is 0 Å². The maximum absolute atomic E-state index is 5.86. The Bertz CT molecular complexity index is 248. The Morgan fingerprint density at radius 3 is 2.53 bits per heavy atom. The summed E-state index contributed by atoms with van der Waals surface area (Å²) in [5, 5.41) is 0. The molecule has 0 aromatic heterocycles. The van der Waals surface area contributed by atoms with Crippen LogP contribution in [0.5, 0.6) is 0 Å². The largest absolute Gasteiger partial charge is 0.330 e. The predicted octanol–water partition coefficient (Wildman–Crippen LogP) is 1.53. The molecule has 17 heavy (non-hydrogen) atoms. The predicted molar refractivity (Wildman–Crippen MR) is 73.1 cm³/mol. The van der Waals surface area contributed by atoms with Gasteiger partial charge in [0, 0.05) is 31.7 Å². The van der Waals surface area contributed by atoms with Crippen LogP contribution < -0.4 is 5.73 Å². The summed E-state index contributed by atoms with van der Waals surface area (Å²) in [6.07, 6.45) is 4.23. The molecule has 0 aromatic rings. The molecule has 2 fully saturated rings. The Hall–Kier alpha value is -0.120. The number of nitrogens with two attached hydrogens (primary N) is 1. The summed E-state index contributed by atoms with van der Waals surface area (Å²) < 4.78 is 0. The van der Waals surface area contributed by atoms with Crippen LogP contribution in [-0.2, 0) is 0 Å². The molecule has 1 heterocycles. The maximum atomic E-state index is 5.86. The van der Waals surface area contributed by atoms with Crippen molar-refractivity contribution in [1.82, 2.24) is 9.80 Å². The van der Waals surface area contributed by atoms with Crippen molar-refractivity contribution >= 4 is 0 Å². The smallest absolute Gasteiger partial charge is 0.0235 e. The highest BCUT2D eigenvalue weighted by molar-refractivity contribution is 4.93. The van der Waals surface area contributed by atoms with Crippen LogP contribution in [-0.4, -0.2) is 54.6 Å². The molecule has 1 aliphatic heterocycles. The lowest BCUT2D eigenvalue weighted by molar-refractivity contribution is 0.138. The summed E-state index contributed by atoms with van der Waals surface area (Å²) in [6, 6.07) is 1.70. The second-order valence-electron chi connectivity index (χ2n) is 6.60. The average molecular weight is 239 g/mol. The molecule has 2 rings (SSSR count). The van der Waals surface area contributed by atoms with E-state index in [0.29, 0.717) is 0 Å². The second-order valence-corrected chi connectivity index (χ2v) is 6.60. The molecule has 100 valence electrons. The lowest BCUT2D eigenvalue weighted by Crippen LogP contribution is -2.45. The van der Waals surface area contributed by atoms with Crippen LogP contribution in [0.15, 0.2) is 0 Å². The van der Waals surface area contributed by atoms with Gasteiger partial charge >= 0.3 is 0 Å². The molecule has 2 aliphatic rings. The Balaban J connectivity index is 1.85. The molecular weight excluding hydrogens is 210 g/mol. The Morgan fingerprint density at radius 2 is 2.00 bits per heavy atom. The second kappa shape index (κ2) is 5.25. The van der Waals surface area contributed by atoms with Crippen molar-refractivity contribution in [2.75, 3.05) is 32.7 Å². The zero-order valence-electron chi connectivity index (χ0n) is 11.8. The fraction of sp³-hybridized carbons (Fsp3) is 1.00. The third-order valence-corrected chi connectivity index (χ3v) is 4.36. The Kier molecular flexibility index (Phi) is 4.11. The third kappa shape index (κ3) is 3.43. The first-order valence-electron chi connectivity index (χ1n) is 7.24. The van der Waals surface area contributed by atoms with Crippen molar-refractivity contribution < 1.29 is 0 Å². The van der Waals surface area contributed by atoms with Crippen LogP contribution >= 0.6 is 0 Å². The van der Waals surface area contributed by atoms with E-state index in [-0.39, 0.29) is 5.41 Å². The van der Waals surface area contributed by atoms with Gasteiger partial charge in [-0.05, 0) is 37.8 Å². The van der Waals surface area contributed by atoms with E-state index in [1.807, 2.05) is 0 Å². The molecule has 1 saturated heterocycles. The van der Waals surface area contributed by atoms with Crippen LogP contribution in [0.4, 0.5) is 0 Å². The average Bonchev–Trinajstić information content (AvgIpc) is 3.05. The number of likely N-dealkylation sites (tertiary alicyclic amines) is 1. The molecule has 3 nitrogen and oxygen atoms in total. The molecule has 0 bridgehead atoms. The molecular formula is C14H29N3. The number of rotatable bonds is 6. The van der Waals surface area contributed by atoms with E-state index >= 15 is 0 Å². The molecule has 1 saturated carbocycles. The maximum Gasteiger partial charge on any atom is 0.0235 e. The molecule has 1 atom stereocenters. The monoisotopic (exact) mass is 239 g/mol. The highest BCUT2D eigenvalue weighted by Gasteiger charge is 2.36. The van der Waals surface area contributed by atoms with Gasteiger partial charge in [0.1, 0.15) is 0 Å². The zero-order chi connectivity index (χ0) is 12.5. The van der Waals surface area contributed by atoms with Gasteiger partial charge in [-0.2, -0.15) is 0 Å². The zero-order valence-corrected chi connectivity index (χ0v) is 11.8. The third-order valence-electron chi connectivity index (χ3n) is 4.36. The first kappa shape index (κ1) is 13.3. The fourth-order valence-electron chi connectivity index (χ4n) is 2.95. The van der Waals surface area contributed by atoms with Gasteiger partial charge in [-0.1, -0.05) is 20.8 Å². The molecule has 1 unspecified atom stereocenters. The van der Waals surface area contributed by atoms with Crippen molar-refractivity contribution in [3.05, 3.63) is 0 Å². The summed E-state index contributed by atoms with van der Waals surface area (Å²) in [6.45, 7) is 12.5.